The van der Waals surface area contributed by atoms with Crippen LogP contribution in [0, 0.1) is 0 Å². The minimum Gasteiger partial charge on any atom is -0.345 e. The molecule has 0 aromatic carbocycles. The van der Waals surface area contributed by atoms with Gasteiger partial charge in [-0.2, -0.15) is 0 Å². The van der Waals surface area contributed by atoms with Crippen molar-refractivity contribution in [1.29, 1.82) is 0 Å². The van der Waals surface area contributed by atoms with Gasteiger partial charge in [0.25, 0.3) is 5.91 Å². The van der Waals surface area contributed by atoms with Crippen molar-refractivity contribution < 1.29 is 4.79 Å². The van der Waals surface area contributed by atoms with Crippen molar-refractivity contribution in [2.75, 3.05) is 0 Å². The van der Waals surface area contributed by atoms with E-state index in [2.05, 4.69) is 15.3 Å². The van der Waals surface area contributed by atoms with E-state index >= 15 is 0 Å². The molecule has 15 heavy (non-hydrogen) atoms. The van der Waals surface area contributed by atoms with E-state index in [1.54, 1.807) is 17.1 Å². The summed E-state index contributed by atoms with van der Waals surface area (Å²) in [4.78, 5) is 19.5. The topological polar surface area (TPSA) is 54.9 Å². The van der Waals surface area contributed by atoms with Crippen LogP contribution < -0.4 is 5.32 Å². The van der Waals surface area contributed by atoms with Crippen LogP contribution in [0.4, 0.5) is 0 Å². The summed E-state index contributed by atoms with van der Waals surface area (Å²) in [6.45, 7) is 0.428. The molecule has 1 amide bonds. The zero-order chi connectivity index (χ0) is 10.5. The summed E-state index contributed by atoms with van der Waals surface area (Å²) >= 11 is 1.40. The lowest BCUT2D eigenvalue weighted by Crippen LogP contribution is -2.23. The van der Waals surface area contributed by atoms with Crippen LogP contribution in [0.3, 0.4) is 0 Å². The predicted octanol–water partition coefficient (Wildman–Crippen LogP) is 1.47. The van der Waals surface area contributed by atoms with Crippen LogP contribution in [-0.2, 0) is 6.54 Å². The average Bonchev–Trinajstić information content (AvgIpc) is 2.81. The fraction of sp³-hybridized carbons (Fsp3) is 0.100. The van der Waals surface area contributed by atoms with Crippen molar-refractivity contribution in [3.05, 3.63) is 46.7 Å². The third kappa shape index (κ3) is 2.60. The monoisotopic (exact) mass is 219 g/mol. The molecule has 0 bridgehead atoms. The zero-order valence-electron chi connectivity index (χ0n) is 7.88. The molecule has 0 saturated carbocycles. The minimum atomic E-state index is -0.165. The highest BCUT2D eigenvalue weighted by molar-refractivity contribution is 7.07. The lowest BCUT2D eigenvalue weighted by molar-refractivity contribution is 0.0946. The Bertz CT molecular complexity index is 427. The Morgan fingerprint density at radius 3 is 3.00 bits per heavy atom. The number of hydrogen-bond donors (Lipinski definition) is 1. The van der Waals surface area contributed by atoms with Gasteiger partial charge in [-0.25, -0.2) is 4.98 Å². The van der Waals surface area contributed by atoms with Gasteiger partial charge >= 0.3 is 0 Å². The number of rotatable bonds is 3. The summed E-state index contributed by atoms with van der Waals surface area (Å²) in [6, 6.07) is 5.59. The molecule has 0 aliphatic rings. The molecule has 0 aliphatic heterocycles. The van der Waals surface area contributed by atoms with E-state index in [0.717, 1.165) is 5.69 Å². The standard InChI is InChI=1S/C10H9N3OS/c14-10(9-6-15-7-13-9)12-5-8-3-1-2-4-11-8/h1-4,6-7H,5H2,(H,12,14). The SMILES string of the molecule is O=C(NCc1ccccn1)c1cscn1. The minimum absolute atomic E-state index is 0.165. The number of carbonyl (C=O) groups excluding carboxylic acids is 1. The van der Waals surface area contributed by atoms with Gasteiger partial charge in [0.1, 0.15) is 5.69 Å². The van der Waals surface area contributed by atoms with Crippen molar-refractivity contribution in [2.45, 2.75) is 6.54 Å². The normalized spacial score (nSPS) is 9.87. The molecule has 0 spiro atoms. The summed E-state index contributed by atoms with van der Waals surface area (Å²) in [7, 11) is 0. The third-order valence-corrected chi connectivity index (χ3v) is 2.41. The molecule has 0 atom stereocenters. The first-order valence-corrected chi connectivity index (χ1v) is 5.37. The third-order valence-electron chi connectivity index (χ3n) is 1.82. The highest BCUT2D eigenvalue weighted by Crippen LogP contribution is 2.01. The number of nitrogens with zero attached hydrogens (tertiary/aromatic N) is 2. The quantitative estimate of drug-likeness (QED) is 0.850. The molecule has 0 unspecified atom stereocenters. The second-order valence-corrected chi connectivity index (χ2v) is 3.60. The lowest BCUT2D eigenvalue weighted by Gasteiger charge is -2.01. The Labute approximate surface area is 91.0 Å². The Morgan fingerprint density at radius 2 is 2.33 bits per heavy atom. The maximum Gasteiger partial charge on any atom is 0.271 e. The van der Waals surface area contributed by atoms with Gasteiger partial charge in [-0.1, -0.05) is 6.07 Å². The van der Waals surface area contributed by atoms with E-state index in [9.17, 15) is 4.79 Å². The molecule has 0 radical (unpaired) electrons. The first kappa shape index (κ1) is 9.79. The highest BCUT2D eigenvalue weighted by atomic mass is 32.1. The van der Waals surface area contributed by atoms with Crippen LogP contribution in [0.15, 0.2) is 35.3 Å². The van der Waals surface area contributed by atoms with E-state index in [0.29, 0.717) is 12.2 Å². The number of pyridine rings is 1. The second-order valence-electron chi connectivity index (χ2n) is 2.88. The first-order chi connectivity index (χ1) is 7.36. The van der Waals surface area contributed by atoms with Crippen LogP contribution in [-0.4, -0.2) is 15.9 Å². The largest absolute Gasteiger partial charge is 0.345 e. The van der Waals surface area contributed by atoms with E-state index in [1.165, 1.54) is 11.3 Å². The molecule has 0 aliphatic carbocycles. The van der Waals surface area contributed by atoms with Crippen molar-refractivity contribution in [3.8, 4) is 0 Å². The Morgan fingerprint density at radius 1 is 1.40 bits per heavy atom. The summed E-state index contributed by atoms with van der Waals surface area (Å²) in [5, 5.41) is 4.46. The number of nitrogens with one attached hydrogen (secondary N) is 1. The molecule has 2 aromatic rings. The summed E-state index contributed by atoms with van der Waals surface area (Å²) in [5.74, 6) is -0.165. The molecule has 1 N–H and O–H groups in total. The van der Waals surface area contributed by atoms with Gasteiger partial charge in [0, 0.05) is 11.6 Å². The molecule has 2 aromatic heterocycles. The van der Waals surface area contributed by atoms with E-state index in [1.807, 2.05) is 18.2 Å². The second kappa shape index (κ2) is 4.65. The molecule has 76 valence electrons. The fourth-order valence-electron chi connectivity index (χ4n) is 1.09. The van der Waals surface area contributed by atoms with Gasteiger partial charge in [-0.3, -0.25) is 9.78 Å². The molecule has 4 nitrogen and oxygen atoms in total. The Hall–Kier alpha value is -1.75. The molecule has 2 rings (SSSR count). The van der Waals surface area contributed by atoms with E-state index in [-0.39, 0.29) is 5.91 Å². The van der Waals surface area contributed by atoms with Gasteiger partial charge in [0.2, 0.25) is 0 Å². The van der Waals surface area contributed by atoms with Crippen molar-refractivity contribution >= 4 is 17.2 Å². The zero-order valence-corrected chi connectivity index (χ0v) is 8.70. The predicted molar refractivity (Wildman–Crippen MR) is 57.5 cm³/mol. The first-order valence-electron chi connectivity index (χ1n) is 4.42. The van der Waals surface area contributed by atoms with E-state index in [4.69, 9.17) is 0 Å². The number of aromatic nitrogens is 2. The van der Waals surface area contributed by atoms with Crippen molar-refractivity contribution in [1.82, 2.24) is 15.3 Å². The number of hydrogen-bond acceptors (Lipinski definition) is 4. The summed E-state index contributed by atoms with van der Waals surface area (Å²) in [6.07, 6.45) is 1.70. The Balaban J connectivity index is 1.92. The number of thiazole rings is 1. The molecule has 2 heterocycles. The Kier molecular flexibility index (Phi) is 3.04. The number of amides is 1. The van der Waals surface area contributed by atoms with Crippen LogP contribution in [0.1, 0.15) is 16.2 Å². The van der Waals surface area contributed by atoms with Crippen LogP contribution >= 0.6 is 11.3 Å². The summed E-state index contributed by atoms with van der Waals surface area (Å²) in [5.41, 5.74) is 2.92. The van der Waals surface area contributed by atoms with Crippen molar-refractivity contribution in [2.24, 2.45) is 0 Å². The summed E-state index contributed by atoms with van der Waals surface area (Å²) < 4.78 is 0. The van der Waals surface area contributed by atoms with Gasteiger partial charge in [-0.15, -0.1) is 11.3 Å². The van der Waals surface area contributed by atoms with E-state index < -0.39 is 0 Å². The van der Waals surface area contributed by atoms with Gasteiger partial charge in [0.05, 0.1) is 17.7 Å². The lowest BCUT2D eigenvalue weighted by atomic mass is 10.3. The highest BCUT2D eigenvalue weighted by Gasteiger charge is 2.06. The van der Waals surface area contributed by atoms with Gasteiger partial charge < -0.3 is 5.32 Å². The van der Waals surface area contributed by atoms with Crippen LogP contribution in [0.2, 0.25) is 0 Å². The molecular formula is C10H9N3OS. The van der Waals surface area contributed by atoms with Crippen LogP contribution in [0.25, 0.3) is 0 Å². The molecule has 5 heteroatoms. The fourth-order valence-corrected chi connectivity index (χ4v) is 1.62. The maximum atomic E-state index is 11.5. The maximum absolute atomic E-state index is 11.5. The van der Waals surface area contributed by atoms with Gasteiger partial charge in [0.15, 0.2) is 0 Å². The smallest absolute Gasteiger partial charge is 0.271 e. The number of carbonyl (C=O) groups is 1. The average molecular weight is 219 g/mol. The molecule has 0 saturated heterocycles. The molecule has 0 fully saturated rings. The van der Waals surface area contributed by atoms with Crippen molar-refractivity contribution in [3.63, 3.8) is 0 Å². The van der Waals surface area contributed by atoms with Gasteiger partial charge in [-0.05, 0) is 12.1 Å². The van der Waals surface area contributed by atoms with Crippen LogP contribution in [0.5, 0.6) is 0 Å². The molecular weight excluding hydrogens is 210 g/mol.